The first-order valence-electron chi connectivity index (χ1n) is 7.70. The molecule has 3 rings (SSSR count). The molecule has 136 valence electrons. The van der Waals surface area contributed by atoms with E-state index in [9.17, 15) is 14.3 Å². The molecule has 2 heterocycles. The van der Waals surface area contributed by atoms with E-state index in [0.717, 1.165) is 0 Å². The smallest absolute Gasteiger partial charge is 0.335 e. The summed E-state index contributed by atoms with van der Waals surface area (Å²) in [6.45, 7) is 2.48. The molecule has 0 saturated carbocycles. The van der Waals surface area contributed by atoms with Crippen molar-refractivity contribution >= 4 is 55.0 Å². The molecule has 1 aliphatic rings. The van der Waals surface area contributed by atoms with Crippen molar-refractivity contribution in [2.45, 2.75) is 13.0 Å². The van der Waals surface area contributed by atoms with Gasteiger partial charge in [0.2, 0.25) is 0 Å². The number of amidine groups is 1. The number of rotatable bonds is 5. The number of benzene rings is 1. The van der Waals surface area contributed by atoms with E-state index in [1.165, 1.54) is 23.5 Å². The second-order valence-corrected chi connectivity index (χ2v) is 7.71. The predicted octanol–water partition coefficient (Wildman–Crippen LogP) is 4.60. The van der Waals surface area contributed by atoms with Crippen LogP contribution in [0.1, 0.15) is 23.5 Å². The maximum atomic E-state index is 13.5. The van der Waals surface area contributed by atoms with Crippen LogP contribution in [-0.4, -0.2) is 38.7 Å². The lowest BCUT2D eigenvalue weighted by Gasteiger charge is -2.34. The van der Waals surface area contributed by atoms with Crippen LogP contribution in [0, 0.1) is 5.82 Å². The minimum Gasteiger partial charge on any atom is -0.478 e. The van der Waals surface area contributed by atoms with E-state index in [4.69, 9.17) is 4.99 Å². The van der Waals surface area contributed by atoms with Crippen molar-refractivity contribution in [3.05, 3.63) is 61.9 Å². The highest BCUT2D eigenvalue weighted by molar-refractivity contribution is 9.10. The van der Waals surface area contributed by atoms with Crippen LogP contribution < -0.4 is 0 Å². The van der Waals surface area contributed by atoms with E-state index >= 15 is 0 Å². The molecule has 5 nitrogen and oxygen atoms in total. The number of carbonyl (C=O) groups is 1. The van der Waals surface area contributed by atoms with Gasteiger partial charge in [-0.1, -0.05) is 37.9 Å². The number of aliphatic imine (C=N–C) groups is 1. The Labute approximate surface area is 170 Å². The number of nitrogens with zero attached hydrogens (tertiary/aromatic N) is 3. The Morgan fingerprint density at radius 3 is 2.77 bits per heavy atom. The number of thiazole rings is 1. The highest BCUT2D eigenvalue weighted by Crippen LogP contribution is 2.39. The fraction of sp³-hybridized carbons (Fsp3) is 0.235. The Bertz CT molecular complexity index is 899. The minimum atomic E-state index is -1.05. The third-order valence-electron chi connectivity index (χ3n) is 3.97. The predicted molar refractivity (Wildman–Crippen MR) is 106 cm³/mol. The molecule has 0 saturated heterocycles. The summed E-state index contributed by atoms with van der Waals surface area (Å²) in [6, 6.07) is 3.41. The highest BCUT2D eigenvalue weighted by atomic mass is 79.9. The van der Waals surface area contributed by atoms with E-state index in [2.05, 4.69) is 36.8 Å². The lowest BCUT2D eigenvalue weighted by molar-refractivity contribution is -0.133. The van der Waals surface area contributed by atoms with E-state index in [0.29, 0.717) is 38.5 Å². The van der Waals surface area contributed by atoms with Crippen LogP contribution in [0.25, 0.3) is 0 Å². The quantitative estimate of drug-likeness (QED) is 0.606. The van der Waals surface area contributed by atoms with Gasteiger partial charge < -0.3 is 10.0 Å². The molecule has 0 aliphatic carbocycles. The standard InChI is InChI=1S/C17H14Br2FN3O2S/c1-2-23-12(8-18)13(17(24)25)14(10-4-3-9(20)7-11(10)19)22-15(23)16-21-5-6-26-16/h3-7,14H,2,8H2,1H3,(H,24,25). The monoisotopic (exact) mass is 501 g/mol. The largest absolute Gasteiger partial charge is 0.478 e. The summed E-state index contributed by atoms with van der Waals surface area (Å²) in [5.41, 5.74) is 1.37. The summed E-state index contributed by atoms with van der Waals surface area (Å²) in [6.07, 6.45) is 1.68. The van der Waals surface area contributed by atoms with Crippen LogP contribution >= 0.6 is 43.2 Å². The Balaban J connectivity index is 2.25. The van der Waals surface area contributed by atoms with Gasteiger partial charge in [-0.3, -0.25) is 4.99 Å². The number of aliphatic carboxylic acids is 1. The number of alkyl halides is 1. The second-order valence-electron chi connectivity index (χ2n) is 5.40. The fourth-order valence-corrected chi connectivity index (χ4v) is 4.68. The number of aromatic nitrogens is 1. The van der Waals surface area contributed by atoms with E-state index in [1.807, 2.05) is 17.2 Å². The molecule has 1 unspecified atom stereocenters. The topological polar surface area (TPSA) is 65.8 Å². The molecule has 0 amide bonds. The van der Waals surface area contributed by atoms with Gasteiger partial charge in [0.25, 0.3) is 0 Å². The molecular weight excluding hydrogens is 489 g/mol. The summed E-state index contributed by atoms with van der Waals surface area (Å²) >= 11 is 8.19. The molecule has 0 bridgehead atoms. The lowest BCUT2D eigenvalue weighted by Crippen LogP contribution is -2.38. The Morgan fingerprint density at radius 1 is 1.46 bits per heavy atom. The van der Waals surface area contributed by atoms with Gasteiger partial charge >= 0.3 is 5.97 Å². The maximum Gasteiger partial charge on any atom is 0.335 e. The zero-order valence-electron chi connectivity index (χ0n) is 13.6. The SMILES string of the molecule is CCN1C(c2nccs2)=NC(c2ccc(F)cc2Br)C(C(=O)O)=C1CBr. The van der Waals surface area contributed by atoms with Gasteiger partial charge in [0.1, 0.15) is 11.9 Å². The molecule has 0 radical (unpaired) electrons. The van der Waals surface area contributed by atoms with Gasteiger partial charge in [-0.25, -0.2) is 14.2 Å². The number of hydrogen-bond donors (Lipinski definition) is 1. The van der Waals surface area contributed by atoms with Crippen molar-refractivity contribution in [2.75, 3.05) is 11.9 Å². The average molecular weight is 503 g/mol. The Morgan fingerprint density at radius 2 is 2.23 bits per heavy atom. The van der Waals surface area contributed by atoms with Gasteiger partial charge in [-0.05, 0) is 24.6 Å². The van der Waals surface area contributed by atoms with Gasteiger partial charge in [0.05, 0.1) is 5.57 Å². The molecule has 1 aromatic heterocycles. The second kappa shape index (κ2) is 7.98. The fourth-order valence-electron chi connectivity index (χ4n) is 2.87. The van der Waals surface area contributed by atoms with Crippen LogP contribution in [-0.2, 0) is 4.79 Å². The van der Waals surface area contributed by atoms with Crippen molar-refractivity contribution in [3.63, 3.8) is 0 Å². The van der Waals surface area contributed by atoms with Crippen LogP contribution in [0.3, 0.4) is 0 Å². The summed E-state index contributed by atoms with van der Waals surface area (Å²) < 4.78 is 14.0. The molecule has 26 heavy (non-hydrogen) atoms. The number of hydrogen-bond acceptors (Lipinski definition) is 5. The van der Waals surface area contributed by atoms with E-state index < -0.39 is 17.8 Å². The van der Waals surface area contributed by atoms with Crippen molar-refractivity contribution < 1.29 is 14.3 Å². The number of allylic oxidation sites excluding steroid dienone is 1. The van der Waals surface area contributed by atoms with Crippen molar-refractivity contribution in [2.24, 2.45) is 4.99 Å². The van der Waals surface area contributed by atoms with E-state index in [1.54, 1.807) is 12.3 Å². The van der Waals surface area contributed by atoms with Gasteiger partial charge in [0, 0.05) is 33.6 Å². The van der Waals surface area contributed by atoms with Crippen LogP contribution in [0.15, 0.2) is 50.5 Å². The molecule has 0 fully saturated rings. The lowest BCUT2D eigenvalue weighted by atomic mass is 9.95. The first kappa shape index (κ1) is 19.2. The normalized spacial score (nSPS) is 17.5. The first-order chi connectivity index (χ1) is 12.5. The van der Waals surface area contributed by atoms with Crippen LogP contribution in [0.4, 0.5) is 4.39 Å². The molecule has 1 N–H and O–H groups in total. The molecule has 1 atom stereocenters. The summed E-state index contributed by atoms with van der Waals surface area (Å²) in [4.78, 5) is 23.0. The molecule has 1 aromatic carbocycles. The number of carboxylic acids is 1. The summed E-state index contributed by atoms with van der Waals surface area (Å²) in [7, 11) is 0. The van der Waals surface area contributed by atoms with Gasteiger partial charge in [0.15, 0.2) is 10.8 Å². The van der Waals surface area contributed by atoms with E-state index in [-0.39, 0.29) is 5.57 Å². The Kier molecular flexibility index (Phi) is 5.89. The summed E-state index contributed by atoms with van der Waals surface area (Å²) in [5, 5.41) is 12.8. The minimum absolute atomic E-state index is 0.163. The third kappa shape index (κ3) is 3.47. The third-order valence-corrected chi connectivity index (χ3v) is 5.96. The number of halogens is 3. The van der Waals surface area contributed by atoms with Crippen molar-refractivity contribution in [1.29, 1.82) is 0 Å². The zero-order valence-corrected chi connectivity index (χ0v) is 17.6. The Hall–Kier alpha value is -1.58. The van der Waals surface area contributed by atoms with Crippen molar-refractivity contribution in [3.8, 4) is 0 Å². The molecule has 0 spiro atoms. The van der Waals surface area contributed by atoms with Crippen LogP contribution in [0.5, 0.6) is 0 Å². The summed E-state index contributed by atoms with van der Waals surface area (Å²) in [5.74, 6) is -0.846. The van der Waals surface area contributed by atoms with Gasteiger partial charge in [-0.2, -0.15) is 0 Å². The van der Waals surface area contributed by atoms with Crippen LogP contribution in [0.2, 0.25) is 0 Å². The average Bonchev–Trinajstić information content (AvgIpc) is 3.14. The van der Waals surface area contributed by atoms with Gasteiger partial charge in [-0.15, -0.1) is 11.3 Å². The first-order valence-corrected chi connectivity index (χ1v) is 10.5. The molecular formula is C17H14Br2FN3O2S. The highest BCUT2D eigenvalue weighted by Gasteiger charge is 2.36. The molecule has 2 aromatic rings. The molecule has 1 aliphatic heterocycles. The van der Waals surface area contributed by atoms with Crippen molar-refractivity contribution in [1.82, 2.24) is 9.88 Å². The zero-order chi connectivity index (χ0) is 18.8. The maximum absolute atomic E-state index is 13.5. The number of carboxylic acid groups (broad SMARTS) is 1. The molecule has 9 heteroatoms.